The maximum Gasteiger partial charge on any atom is 0.284 e. The Morgan fingerprint density at radius 2 is 2.31 bits per heavy atom. The van der Waals surface area contributed by atoms with Crippen LogP contribution in [0.3, 0.4) is 0 Å². The molecule has 0 atom stereocenters. The molecule has 6 nitrogen and oxygen atoms in total. The molecule has 1 heterocycles. The van der Waals surface area contributed by atoms with E-state index in [2.05, 4.69) is 22.4 Å². The molecule has 1 aromatic heterocycles. The fourth-order valence-corrected chi connectivity index (χ4v) is 1.26. The van der Waals surface area contributed by atoms with Gasteiger partial charge in [-0.2, -0.15) is 0 Å². The maximum absolute atomic E-state index is 13.4. The van der Waals surface area contributed by atoms with Crippen molar-refractivity contribution in [1.82, 2.24) is 10.2 Å². The van der Waals surface area contributed by atoms with Crippen LogP contribution in [0, 0.1) is 20.8 Å². The van der Waals surface area contributed by atoms with Crippen LogP contribution >= 0.6 is 12.2 Å². The molecule has 0 unspecified atom stereocenters. The Hall–Kier alpha value is -2.09. The van der Waals surface area contributed by atoms with Gasteiger partial charge in [0.2, 0.25) is 5.89 Å². The summed E-state index contributed by atoms with van der Waals surface area (Å²) in [6, 6.07) is 3.06. The van der Waals surface area contributed by atoms with E-state index in [1.165, 1.54) is 0 Å². The molecule has 0 radical (unpaired) electrons. The zero-order chi connectivity index (χ0) is 11.7. The molecule has 0 saturated carbocycles. The van der Waals surface area contributed by atoms with Gasteiger partial charge >= 0.3 is 0 Å². The van der Waals surface area contributed by atoms with E-state index in [1.807, 2.05) is 0 Å². The normalized spacial score (nSPS) is 10.3. The van der Waals surface area contributed by atoms with Gasteiger partial charge in [0, 0.05) is 12.1 Å². The standard InChI is InChI=1S/C8H4FN3O3S/c9-6-2-1-4(12(13)14)3-5(6)7-10-11-8(16)15-7/h1-3H,(H,11,16). The van der Waals surface area contributed by atoms with E-state index in [0.29, 0.717) is 0 Å². The van der Waals surface area contributed by atoms with Crippen molar-refractivity contribution in [2.75, 3.05) is 0 Å². The maximum atomic E-state index is 13.4. The summed E-state index contributed by atoms with van der Waals surface area (Å²) >= 11 is 4.62. The van der Waals surface area contributed by atoms with Gasteiger partial charge in [0.15, 0.2) is 0 Å². The second-order valence-corrected chi connectivity index (χ2v) is 3.21. The monoisotopic (exact) mass is 241 g/mol. The highest BCUT2D eigenvalue weighted by Gasteiger charge is 2.15. The molecule has 16 heavy (non-hydrogen) atoms. The summed E-state index contributed by atoms with van der Waals surface area (Å²) in [6.45, 7) is 0. The molecule has 0 fully saturated rings. The predicted molar refractivity (Wildman–Crippen MR) is 53.7 cm³/mol. The average Bonchev–Trinajstić information content (AvgIpc) is 2.65. The van der Waals surface area contributed by atoms with Gasteiger partial charge < -0.3 is 4.42 Å². The zero-order valence-corrected chi connectivity index (χ0v) is 8.45. The Kier molecular flexibility index (Phi) is 2.49. The lowest BCUT2D eigenvalue weighted by Crippen LogP contribution is -1.91. The molecule has 0 aliphatic carbocycles. The number of benzene rings is 1. The second-order valence-electron chi connectivity index (χ2n) is 2.84. The molecule has 2 aromatic rings. The number of hydrogen-bond donors (Lipinski definition) is 1. The minimum absolute atomic E-state index is 0.0269. The summed E-state index contributed by atoms with van der Waals surface area (Å²) < 4.78 is 18.2. The number of non-ortho nitro benzene ring substituents is 1. The van der Waals surface area contributed by atoms with Gasteiger partial charge in [0.05, 0.1) is 10.5 Å². The smallest absolute Gasteiger partial charge is 0.284 e. The molecule has 0 saturated heterocycles. The van der Waals surface area contributed by atoms with Gasteiger partial charge in [-0.25, -0.2) is 9.49 Å². The number of halogens is 1. The van der Waals surface area contributed by atoms with Crippen LogP contribution in [0.15, 0.2) is 22.6 Å². The van der Waals surface area contributed by atoms with Crippen molar-refractivity contribution >= 4 is 17.9 Å². The van der Waals surface area contributed by atoms with Crippen molar-refractivity contribution in [3.8, 4) is 11.5 Å². The number of aromatic amines is 1. The number of nitrogens with zero attached hydrogens (tertiary/aromatic N) is 2. The molecule has 2 rings (SSSR count). The van der Waals surface area contributed by atoms with Crippen LogP contribution < -0.4 is 0 Å². The highest BCUT2D eigenvalue weighted by molar-refractivity contribution is 7.71. The van der Waals surface area contributed by atoms with Crippen LogP contribution in [0.1, 0.15) is 0 Å². The van der Waals surface area contributed by atoms with Crippen molar-refractivity contribution in [1.29, 1.82) is 0 Å². The molecule has 0 bridgehead atoms. The lowest BCUT2D eigenvalue weighted by atomic mass is 10.2. The van der Waals surface area contributed by atoms with Crippen molar-refractivity contribution < 1.29 is 13.7 Å². The summed E-state index contributed by atoms with van der Waals surface area (Å²) in [5, 5.41) is 16.4. The third kappa shape index (κ3) is 1.82. The van der Waals surface area contributed by atoms with E-state index in [0.717, 1.165) is 18.2 Å². The Morgan fingerprint density at radius 3 is 2.88 bits per heavy atom. The molecular weight excluding hydrogens is 237 g/mol. The quantitative estimate of drug-likeness (QED) is 0.496. The summed E-state index contributed by atoms with van der Waals surface area (Å²) in [7, 11) is 0. The average molecular weight is 241 g/mol. The third-order valence-electron chi connectivity index (χ3n) is 1.83. The molecule has 8 heteroatoms. The van der Waals surface area contributed by atoms with E-state index >= 15 is 0 Å². The largest absolute Gasteiger partial charge is 0.409 e. The number of rotatable bonds is 2. The van der Waals surface area contributed by atoms with Crippen molar-refractivity contribution in [2.45, 2.75) is 0 Å². The van der Waals surface area contributed by atoms with E-state index < -0.39 is 10.7 Å². The number of nitro groups is 1. The fraction of sp³-hybridized carbons (Fsp3) is 0. The zero-order valence-electron chi connectivity index (χ0n) is 7.64. The highest BCUT2D eigenvalue weighted by atomic mass is 32.1. The Bertz CT molecular complexity index is 607. The second kappa shape index (κ2) is 3.81. The Balaban J connectivity index is 2.59. The van der Waals surface area contributed by atoms with Crippen LogP contribution in [0.25, 0.3) is 11.5 Å². The topological polar surface area (TPSA) is 85.0 Å². The van der Waals surface area contributed by atoms with E-state index in [-0.39, 0.29) is 22.0 Å². The molecule has 0 aliphatic rings. The summed E-state index contributed by atoms with van der Waals surface area (Å²) in [4.78, 5) is 9.84. The number of nitro benzene ring substituents is 1. The molecule has 1 aromatic carbocycles. The SMILES string of the molecule is O=[N+]([O-])c1ccc(F)c(-c2n[nH]c(=S)o2)c1. The Morgan fingerprint density at radius 1 is 1.56 bits per heavy atom. The van der Waals surface area contributed by atoms with Crippen LogP contribution in [0.4, 0.5) is 10.1 Å². The van der Waals surface area contributed by atoms with Crippen molar-refractivity contribution in [2.24, 2.45) is 0 Å². The molecule has 0 spiro atoms. The molecule has 82 valence electrons. The first-order chi connectivity index (χ1) is 7.58. The van der Waals surface area contributed by atoms with Crippen molar-refractivity contribution in [3.05, 3.63) is 39.0 Å². The molecule has 0 aliphatic heterocycles. The first-order valence-corrected chi connectivity index (χ1v) is 4.48. The van der Waals surface area contributed by atoms with Gasteiger partial charge in [-0.1, -0.05) is 0 Å². The molecular formula is C8H4FN3O3S. The van der Waals surface area contributed by atoms with Gasteiger partial charge in [0.1, 0.15) is 5.82 Å². The van der Waals surface area contributed by atoms with Crippen molar-refractivity contribution in [3.63, 3.8) is 0 Å². The summed E-state index contributed by atoms with van der Waals surface area (Å²) in [5.41, 5.74) is -0.359. The highest BCUT2D eigenvalue weighted by Crippen LogP contribution is 2.25. The van der Waals surface area contributed by atoms with E-state index in [4.69, 9.17) is 4.42 Å². The van der Waals surface area contributed by atoms with Gasteiger partial charge in [-0.05, 0) is 18.3 Å². The summed E-state index contributed by atoms with van der Waals surface area (Å²) in [6.07, 6.45) is 0. The number of H-pyrrole nitrogens is 1. The minimum atomic E-state index is -0.671. The first-order valence-electron chi connectivity index (χ1n) is 4.08. The molecule has 1 N–H and O–H groups in total. The van der Waals surface area contributed by atoms with Gasteiger partial charge in [0.25, 0.3) is 10.5 Å². The predicted octanol–water partition coefficient (Wildman–Crippen LogP) is 2.45. The lowest BCUT2D eigenvalue weighted by Gasteiger charge is -1.97. The van der Waals surface area contributed by atoms with Crippen LogP contribution in [0.5, 0.6) is 0 Å². The number of hydrogen-bond acceptors (Lipinski definition) is 5. The minimum Gasteiger partial charge on any atom is -0.409 e. The van der Waals surface area contributed by atoms with Crippen LogP contribution in [-0.4, -0.2) is 15.1 Å². The van der Waals surface area contributed by atoms with Crippen LogP contribution in [-0.2, 0) is 0 Å². The van der Waals surface area contributed by atoms with Crippen LogP contribution in [0.2, 0.25) is 0 Å². The number of nitrogens with one attached hydrogen (secondary N) is 1. The molecule has 0 amide bonds. The van der Waals surface area contributed by atoms with E-state index in [9.17, 15) is 14.5 Å². The summed E-state index contributed by atoms with van der Waals surface area (Å²) in [5.74, 6) is -0.790. The number of aromatic nitrogens is 2. The van der Waals surface area contributed by atoms with E-state index in [1.54, 1.807) is 0 Å². The third-order valence-corrected chi connectivity index (χ3v) is 2.00. The van der Waals surface area contributed by atoms with Gasteiger partial charge in [-0.3, -0.25) is 10.1 Å². The first kappa shape index (κ1) is 10.4. The lowest BCUT2D eigenvalue weighted by molar-refractivity contribution is -0.384. The fourth-order valence-electron chi connectivity index (χ4n) is 1.14. The Labute approximate surface area is 92.9 Å². The van der Waals surface area contributed by atoms with Gasteiger partial charge in [-0.15, -0.1) is 5.10 Å².